The van der Waals surface area contributed by atoms with Crippen molar-refractivity contribution in [2.45, 2.75) is 173 Å². The Morgan fingerprint density at radius 3 is 2.27 bits per heavy atom. The molecule has 3 N–H and O–H groups in total. The van der Waals surface area contributed by atoms with Gasteiger partial charge < -0.3 is 43.5 Å². The highest BCUT2D eigenvalue weighted by molar-refractivity contribution is 7.85. The van der Waals surface area contributed by atoms with Gasteiger partial charge in [-0.1, -0.05) is 45.4 Å². The van der Waals surface area contributed by atoms with Crippen molar-refractivity contribution in [1.29, 1.82) is 0 Å². The minimum absolute atomic E-state index is 0.0153. The van der Waals surface area contributed by atoms with Gasteiger partial charge in [-0.3, -0.25) is 19.4 Å². The maximum absolute atomic E-state index is 14.5. The number of ether oxygens (including phenoxy) is 6. The second-order valence-corrected chi connectivity index (χ2v) is 21.0. The average Bonchev–Trinajstić information content (AvgIpc) is 3.33. The van der Waals surface area contributed by atoms with E-state index >= 15 is 0 Å². The quantitative estimate of drug-likeness (QED) is 0.149. The van der Waals surface area contributed by atoms with E-state index < -0.39 is 106 Å². The van der Waals surface area contributed by atoms with Crippen LogP contribution in [0.4, 0.5) is 4.79 Å². The molecule has 1 aliphatic carbocycles. The van der Waals surface area contributed by atoms with Crippen LogP contribution in [0.5, 0.6) is 0 Å². The maximum Gasteiger partial charge on any atom is 0.423 e. The molecule has 0 radical (unpaired) electrons. The normalized spacial score (nSPS) is 35.6. The minimum atomic E-state index is -4.62. The van der Waals surface area contributed by atoms with Crippen LogP contribution in [0.2, 0.25) is 0 Å². The molecular formula is C50H75N3O16S. The Balaban J connectivity index is 1.42. The van der Waals surface area contributed by atoms with E-state index in [1.165, 1.54) is 33.7 Å². The lowest BCUT2D eigenvalue weighted by Crippen LogP contribution is -2.64. The van der Waals surface area contributed by atoms with Gasteiger partial charge in [0.05, 0.1) is 24.4 Å². The second-order valence-electron chi connectivity index (χ2n) is 19.7. The summed E-state index contributed by atoms with van der Waals surface area (Å²) in [5, 5.41) is 23.9. The SMILES string of the molecule is CC[C@@H]1/C=C(\C)C[C@H](C)C[C@H](OC)[C@H]2O[C@@](O)(C(=O)C(=O)N3CCCC[C@H]3C(=O)O[C@H](/C(C)=C/[C@@H]3CC[C@@H](OS(=O)(=O)NC(=O)OCc4ccncc4)[C@H](OC)C3)[C@H](C)[C@@H](O)CC1=O)[C@H](C)C[C@@H]2OC. The van der Waals surface area contributed by atoms with Gasteiger partial charge in [0.1, 0.15) is 36.7 Å². The molecule has 2 saturated heterocycles. The Hall–Kier alpha value is -4.15. The van der Waals surface area contributed by atoms with E-state index in [0.717, 1.165) is 10.5 Å². The fourth-order valence-corrected chi connectivity index (χ4v) is 11.3. The topological polar surface area (TPSA) is 253 Å². The highest BCUT2D eigenvalue weighted by Gasteiger charge is 2.56. The molecule has 0 spiro atoms. The molecule has 1 saturated carbocycles. The summed E-state index contributed by atoms with van der Waals surface area (Å²) in [6.07, 6.45) is 2.65. The summed E-state index contributed by atoms with van der Waals surface area (Å²) in [5.74, 6) is -8.44. The number of allylic oxidation sites excluding steroid dienone is 3. The van der Waals surface area contributed by atoms with Crippen LogP contribution in [0.3, 0.4) is 0 Å². The fraction of sp³-hybridized carbons (Fsp3) is 0.720. The van der Waals surface area contributed by atoms with E-state index in [1.54, 1.807) is 37.6 Å². The standard InChI is InChI=1S/C50H75N3O16S/c1-10-36-22-29(2)21-30(3)23-42(64-8)45-43(65-9)25-32(5)50(60,68-45)46(56)47(57)53-20-12-11-13-37(53)48(58)67-44(33(6)38(54)27-39(36)55)31(4)24-35-14-15-40(41(26-35)63-7)69-70(61,62)52-49(59)66-28-34-16-18-51-19-17-34/h16-19,22,24,30,32-33,35-38,40-45,54,60H,10-15,20-21,23,25-28H2,1-9H3,(H,52,59)/b29-22+,31-24+/t30-,32+,33+,35-,36+,37-,38-,40+,41+,42-,43-,44+,45+,50+/m0/s1. The Labute approximate surface area is 412 Å². The van der Waals surface area contributed by atoms with Crippen molar-refractivity contribution in [1.82, 2.24) is 14.6 Å². The third-order valence-electron chi connectivity index (χ3n) is 14.4. The number of fused-ring (bicyclic) bond motifs is 3. The highest BCUT2D eigenvalue weighted by atomic mass is 32.2. The molecular weight excluding hydrogens is 931 g/mol. The number of Topliss-reactive ketones (excluding diaryl/α,β-unsaturated/α-hetero) is 2. The van der Waals surface area contributed by atoms with E-state index in [4.69, 9.17) is 32.6 Å². The van der Waals surface area contributed by atoms with E-state index in [-0.39, 0.29) is 62.9 Å². The molecule has 0 unspecified atom stereocenters. The summed E-state index contributed by atoms with van der Waals surface area (Å²) in [5.41, 5.74) is 2.06. The summed E-state index contributed by atoms with van der Waals surface area (Å²) >= 11 is 0. The fourth-order valence-electron chi connectivity index (χ4n) is 10.4. The van der Waals surface area contributed by atoms with E-state index in [2.05, 4.69) is 4.98 Å². The highest BCUT2D eigenvalue weighted by Crippen LogP contribution is 2.39. The van der Waals surface area contributed by atoms with Crippen LogP contribution < -0.4 is 4.72 Å². The van der Waals surface area contributed by atoms with Crippen LogP contribution in [0, 0.1) is 29.6 Å². The number of esters is 1. The third kappa shape index (κ3) is 14.5. The summed E-state index contributed by atoms with van der Waals surface area (Å²) in [6, 6.07) is 1.99. The summed E-state index contributed by atoms with van der Waals surface area (Å²) in [6.45, 7) is 10.7. The average molecular weight is 1010 g/mol. The maximum atomic E-state index is 14.5. The number of nitrogens with one attached hydrogen (secondary N) is 1. The van der Waals surface area contributed by atoms with E-state index in [9.17, 15) is 42.6 Å². The molecule has 4 heterocycles. The smallest absolute Gasteiger partial charge is 0.423 e. The number of piperidine rings is 1. The van der Waals surface area contributed by atoms with Gasteiger partial charge in [0.2, 0.25) is 5.79 Å². The van der Waals surface area contributed by atoms with Gasteiger partial charge in [-0.15, -0.1) is 0 Å². The number of nitrogens with zero attached hydrogens (tertiary/aromatic N) is 2. The van der Waals surface area contributed by atoms with Gasteiger partial charge in [-0.25, -0.2) is 13.8 Å². The third-order valence-corrected chi connectivity index (χ3v) is 15.4. The van der Waals surface area contributed by atoms with Gasteiger partial charge in [-0.2, -0.15) is 13.1 Å². The molecule has 70 heavy (non-hydrogen) atoms. The zero-order valence-corrected chi connectivity index (χ0v) is 42.9. The molecule has 5 rings (SSSR count). The number of cyclic esters (lactones) is 1. The zero-order valence-electron chi connectivity index (χ0n) is 42.1. The Morgan fingerprint density at radius 1 is 0.943 bits per heavy atom. The number of rotatable bonds is 11. The van der Waals surface area contributed by atoms with Crippen LogP contribution in [-0.4, -0.2) is 140 Å². The number of amides is 2. The lowest BCUT2D eigenvalue weighted by Gasteiger charge is -2.47. The number of aliphatic hydroxyl groups is 2. The molecule has 14 atom stereocenters. The Morgan fingerprint density at radius 2 is 1.61 bits per heavy atom. The van der Waals surface area contributed by atoms with Gasteiger partial charge in [0, 0.05) is 64.4 Å². The van der Waals surface area contributed by atoms with Crippen molar-refractivity contribution in [3.63, 3.8) is 0 Å². The Bertz CT molecular complexity index is 2140. The first-order valence-corrected chi connectivity index (χ1v) is 25.9. The molecule has 2 amide bonds. The van der Waals surface area contributed by atoms with Crippen LogP contribution >= 0.6 is 0 Å². The monoisotopic (exact) mass is 1010 g/mol. The van der Waals surface area contributed by atoms with Crippen molar-refractivity contribution >= 4 is 39.8 Å². The molecule has 1 aromatic rings. The van der Waals surface area contributed by atoms with E-state index in [0.29, 0.717) is 49.7 Å². The summed E-state index contributed by atoms with van der Waals surface area (Å²) in [4.78, 5) is 74.6. The number of carbonyl (C=O) groups is 5. The van der Waals surface area contributed by atoms with Crippen LogP contribution in [-0.2, 0) is 68.7 Å². The first kappa shape index (κ1) is 56.8. The first-order valence-electron chi connectivity index (χ1n) is 24.5. The molecule has 1 aromatic heterocycles. The number of methoxy groups -OCH3 is 3. The Kier molecular flexibility index (Phi) is 20.7. The zero-order chi connectivity index (χ0) is 51.5. The predicted molar refractivity (Wildman–Crippen MR) is 253 cm³/mol. The molecule has 20 heteroatoms. The van der Waals surface area contributed by atoms with Crippen molar-refractivity contribution in [2.75, 3.05) is 27.9 Å². The second kappa shape index (κ2) is 25.5. The van der Waals surface area contributed by atoms with Crippen LogP contribution in [0.15, 0.2) is 47.8 Å². The van der Waals surface area contributed by atoms with Crippen LogP contribution in [0.25, 0.3) is 0 Å². The van der Waals surface area contributed by atoms with Crippen molar-refractivity contribution in [3.05, 3.63) is 53.4 Å². The molecule has 2 bridgehead atoms. The number of pyridine rings is 1. The number of hydrogen-bond acceptors (Lipinski definition) is 17. The van der Waals surface area contributed by atoms with Crippen LogP contribution in [0.1, 0.15) is 118 Å². The van der Waals surface area contributed by atoms with Gasteiger partial charge >= 0.3 is 22.4 Å². The molecule has 19 nitrogen and oxygen atoms in total. The van der Waals surface area contributed by atoms with Gasteiger partial charge in [0.15, 0.2) is 0 Å². The molecule has 0 aromatic carbocycles. The molecule has 392 valence electrons. The largest absolute Gasteiger partial charge is 0.456 e. The number of aliphatic hydroxyl groups excluding tert-OH is 1. The molecule has 4 aliphatic rings. The summed E-state index contributed by atoms with van der Waals surface area (Å²) < 4.78 is 68.0. The lowest BCUT2D eigenvalue weighted by atomic mass is 9.81. The van der Waals surface area contributed by atoms with Crippen molar-refractivity contribution < 1.29 is 75.2 Å². The van der Waals surface area contributed by atoms with E-state index in [1.807, 2.05) is 32.9 Å². The van der Waals surface area contributed by atoms with Crippen molar-refractivity contribution in [2.24, 2.45) is 29.6 Å². The lowest BCUT2D eigenvalue weighted by molar-refractivity contribution is -0.302. The minimum Gasteiger partial charge on any atom is -0.456 e. The number of carbonyl (C=O) groups excluding carboxylic acids is 5. The number of hydrogen-bond donors (Lipinski definition) is 3. The summed E-state index contributed by atoms with van der Waals surface area (Å²) in [7, 11) is -0.198. The van der Waals surface area contributed by atoms with Gasteiger partial charge in [0.25, 0.3) is 11.7 Å². The first-order chi connectivity index (χ1) is 33.1. The molecule has 3 fully saturated rings. The predicted octanol–water partition coefficient (Wildman–Crippen LogP) is 5.06. The van der Waals surface area contributed by atoms with Crippen molar-refractivity contribution in [3.8, 4) is 0 Å². The molecule has 3 aliphatic heterocycles. The number of aromatic nitrogens is 1. The number of ketones is 2. The van der Waals surface area contributed by atoms with Gasteiger partial charge in [-0.05, 0) is 113 Å².